The van der Waals surface area contributed by atoms with E-state index in [1.807, 2.05) is 19.2 Å². The molecule has 1 aliphatic carbocycles. The maximum atomic E-state index is 13.0. The van der Waals surface area contributed by atoms with E-state index in [1.54, 1.807) is 4.57 Å². The Balaban J connectivity index is 1.72. The van der Waals surface area contributed by atoms with Gasteiger partial charge < -0.3 is 14.8 Å². The number of carbonyl (C=O) groups excluding carboxylic acids is 1. The number of hydrogen-bond donors (Lipinski definition) is 1. The minimum absolute atomic E-state index is 0.0555. The van der Waals surface area contributed by atoms with Gasteiger partial charge >= 0.3 is 0 Å². The number of nitrogens with one attached hydrogen (secondary N) is 1. The van der Waals surface area contributed by atoms with Crippen LogP contribution in [-0.2, 0) is 6.54 Å². The van der Waals surface area contributed by atoms with Gasteiger partial charge in [0.15, 0.2) is 0 Å². The van der Waals surface area contributed by atoms with E-state index >= 15 is 0 Å². The van der Waals surface area contributed by atoms with Gasteiger partial charge in [0.25, 0.3) is 11.5 Å². The first-order valence-electron chi connectivity index (χ1n) is 10.5. The molecule has 0 bridgehead atoms. The van der Waals surface area contributed by atoms with Crippen molar-refractivity contribution in [2.75, 3.05) is 20.1 Å². The number of carbonyl (C=O) groups is 1. The maximum absolute atomic E-state index is 13.0. The molecule has 6 heteroatoms. The van der Waals surface area contributed by atoms with Gasteiger partial charge in [-0.25, -0.2) is 0 Å². The largest absolute Gasteiger partial charge is 0.351 e. The molecule has 0 spiro atoms. The summed E-state index contributed by atoms with van der Waals surface area (Å²) in [5, 5.41) is 3.63. The Kier molecular flexibility index (Phi) is 6.94. The van der Waals surface area contributed by atoms with E-state index in [2.05, 4.69) is 31.1 Å². The zero-order valence-electron chi connectivity index (χ0n) is 17.6. The molecule has 1 N–H and O–H groups in total. The lowest BCUT2D eigenvalue weighted by Crippen LogP contribution is -2.39. The lowest BCUT2D eigenvalue weighted by atomic mass is 9.94. The van der Waals surface area contributed by atoms with Crippen molar-refractivity contribution in [2.45, 2.75) is 65.5 Å². The number of fused-ring (bicyclic) bond motifs is 1. The maximum Gasteiger partial charge on any atom is 0.260 e. The van der Waals surface area contributed by atoms with Crippen molar-refractivity contribution >= 4 is 27.3 Å². The summed E-state index contributed by atoms with van der Waals surface area (Å²) in [5.74, 6) is 0.252. The van der Waals surface area contributed by atoms with E-state index in [4.69, 9.17) is 0 Å². The summed E-state index contributed by atoms with van der Waals surface area (Å²) >= 11 is 1.53. The van der Waals surface area contributed by atoms with Gasteiger partial charge in [-0.3, -0.25) is 9.59 Å². The monoisotopic (exact) mass is 403 g/mol. The highest BCUT2D eigenvalue weighted by Gasteiger charge is 2.21. The molecule has 5 nitrogen and oxygen atoms in total. The summed E-state index contributed by atoms with van der Waals surface area (Å²) < 4.78 is 2.62. The summed E-state index contributed by atoms with van der Waals surface area (Å²) in [7, 11) is 2.15. The predicted octanol–water partition coefficient (Wildman–Crippen LogP) is 4.02. The fourth-order valence-corrected chi connectivity index (χ4v) is 5.26. The first kappa shape index (κ1) is 21.1. The van der Waals surface area contributed by atoms with Crippen LogP contribution in [0.15, 0.2) is 17.1 Å². The molecule has 2 heterocycles. The molecule has 2 aromatic rings. The van der Waals surface area contributed by atoms with Gasteiger partial charge in [-0.05, 0) is 38.8 Å². The van der Waals surface area contributed by atoms with Crippen LogP contribution in [0.3, 0.4) is 0 Å². The van der Waals surface area contributed by atoms with Gasteiger partial charge in [-0.15, -0.1) is 11.3 Å². The second kappa shape index (κ2) is 9.23. The molecule has 3 rings (SSSR count). The molecule has 0 radical (unpaired) electrons. The minimum Gasteiger partial charge on any atom is -0.351 e. The fraction of sp³-hybridized carbons (Fsp3) is 0.636. The Labute approximate surface area is 171 Å². The molecule has 0 aromatic carbocycles. The fourth-order valence-electron chi connectivity index (χ4n) is 4.21. The molecule has 2 aromatic heterocycles. The normalized spacial score (nSPS) is 15.6. The lowest BCUT2D eigenvalue weighted by Gasteiger charge is -2.31. The average Bonchev–Trinajstić information content (AvgIpc) is 3.01. The molecule has 0 saturated heterocycles. The number of amides is 1. The highest BCUT2D eigenvalue weighted by atomic mass is 32.1. The van der Waals surface area contributed by atoms with Crippen LogP contribution in [0.5, 0.6) is 0 Å². The van der Waals surface area contributed by atoms with E-state index in [-0.39, 0.29) is 11.5 Å². The predicted molar refractivity (Wildman–Crippen MR) is 117 cm³/mol. The van der Waals surface area contributed by atoms with Crippen molar-refractivity contribution in [3.63, 3.8) is 0 Å². The van der Waals surface area contributed by atoms with Crippen molar-refractivity contribution in [3.05, 3.63) is 33.1 Å². The molecular weight excluding hydrogens is 370 g/mol. The number of likely N-dealkylation sites (N-methyl/N-ethyl adjacent to an activating group) is 1. The molecule has 0 aliphatic heterocycles. The smallest absolute Gasteiger partial charge is 0.260 e. The van der Waals surface area contributed by atoms with Crippen molar-refractivity contribution in [1.29, 1.82) is 0 Å². The van der Waals surface area contributed by atoms with E-state index in [9.17, 15) is 9.59 Å². The Hall–Kier alpha value is -1.66. The molecule has 0 atom stereocenters. The SMILES string of the molecule is Cc1sc2ccn(CC(C)C)c(=O)c2c1C(=O)NCCN(C)C1CCCCC1. The highest BCUT2D eigenvalue weighted by molar-refractivity contribution is 7.19. The van der Waals surface area contributed by atoms with Crippen LogP contribution in [-0.4, -0.2) is 41.6 Å². The second-order valence-corrected chi connectivity index (χ2v) is 9.72. The van der Waals surface area contributed by atoms with Gasteiger partial charge in [0, 0.05) is 41.5 Å². The van der Waals surface area contributed by atoms with Crippen LogP contribution in [0.2, 0.25) is 0 Å². The van der Waals surface area contributed by atoms with Gasteiger partial charge in [0.05, 0.1) is 10.9 Å². The zero-order valence-corrected chi connectivity index (χ0v) is 18.4. The lowest BCUT2D eigenvalue weighted by molar-refractivity contribution is 0.0946. The van der Waals surface area contributed by atoms with Crippen LogP contribution < -0.4 is 10.9 Å². The van der Waals surface area contributed by atoms with Crippen LogP contribution in [0, 0.1) is 12.8 Å². The summed E-state index contributed by atoms with van der Waals surface area (Å²) in [5.41, 5.74) is 0.503. The first-order valence-corrected chi connectivity index (χ1v) is 11.3. The molecule has 1 fully saturated rings. The van der Waals surface area contributed by atoms with E-state index in [0.29, 0.717) is 36.0 Å². The number of thiophene rings is 1. The van der Waals surface area contributed by atoms with Crippen LogP contribution in [0.4, 0.5) is 0 Å². The zero-order chi connectivity index (χ0) is 20.3. The molecule has 0 unspecified atom stereocenters. The topological polar surface area (TPSA) is 54.3 Å². The summed E-state index contributed by atoms with van der Waals surface area (Å²) in [6.07, 6.45) is 8.33. The third-order valence-corrected chi connectivity index (χ3v) is 6.80. The standard InChI is InChI=1S/C22H33N3O2S/c1-15(2)14-25-12-10-18-20(22(25)27)19(16(3)28-18)21(26)23-11-13-24(4)17-8-6-5-7-9-17/h10,12,15,17H,5-9,11,13-14H2,1-4H3,(H,23,26). The molecule has 28 heavy (non-hydrogen) atoms. The van der Waals surface area contributed by atoms with E-state index in [1.165, 1.54) is 43.4 Å². The summed E-state index contributed by atoms with van der Waals surface area (Å²) in [6, 6.07) is 2.60. The van der Waals surface area contributed by atoms with Gasteiger partial charge in [-0.1, -0.05) is 33.1 Å². The Bertz CT molecular complexity index is 878. The third-order valence-electron chi connectivity index (χ3n) is 5.73. The van der Waals surface area contributed by atoms with Crippen LogP contribution in [0.25, 0.3) is 10.1 Å². The molecule has 1 aliphatic rings. The third kappa shape index (κ3) is 4.66. The highest BCUT2D eigenvalue weighted by Crippen LogP contribution is 2.28. The Morgan fingerprint density at radius 1 is 1.32 bits per heavy atom. The van der Waals surface area contributed by atoms with Gasteiger partial charge in [0.1, 0.15) is 0 Å². The number of nitrogens with zero attached hydrogens (tertiary/aromatic N) is 2. The summed E-state index contributed by atoms with van der Waals surface area (Å²) in [4.78, 5) is 29.2. The van der Waals surface area contributed by atoms with E-state index in [0.717, 1.165) is 16.1 Å². The second-order valence-electron chi connectivity index (χ2n) is 8.47. The number of aromatic nitrogens is 1. The number of aryl methyl sites for hydroxylation is 1. The average molecular weight is 404 g/mol. The van der Waals surface area contributed by atoms with Crippen LogP contribution in [0.1, 0.15) is 61.2 Å². The van der Waals surface area contributed by atoms with Crippen molar-refractivity contribution in [1.82, 2.24) is 14.8 Å². The van der Waals surface area contributed by atoms with Gasteiger partial charge in [-0.2, -0.15) is 0 Å². The number of pyridine rings is 1. The van der Waals surface area contributed by atoms with Crippen LogP contribution >= 0.6 is 11.3 Å². The molecule has 154 valence electrons. The van der Waals surface area contributed by atoms with Crippen molar-refractivity contribution in [3.8, 4) is 0 Å². The number of hydrogen-bond acceptors (Lipinski definition) is 4. The minimum atomic E-state index is -0.125. The van der Waals surface area contributed by atoms with Crippen molar-refractivity contribution < 1.29 is 4.79 Å². The number of rotatable bonds is 7. The quantitative estimate of drug-likeness (QED) is 0.760. The Morgan fingerprint density at radius 3 is 2.71 bits per heavy atom. The van der Waals surface area contributed by atoms with Gasteiger partial charge in [0.2, 0.25) is 0 Å². The molecular formula is C22H33N3O2S. The van der Waals surface area contributed by atoms with Crippen molar-refractivity contribution in [2.24, 2.45) is 5.92 Å². The first-order chi connectivity index (χ1) is 13.4. The van der Waals surface area contributed by atoms with E-state index < -0.39 is 0 Å². The molecule has 1 saturated carbocycles. The Morgan fingerprint density at radius 2 is 2.04 bits per heavy atom. The summed E-state index contributed by atoms with van der Waals surface area (Å²) in [6.45, 7) is 8.22. The molecule has 1 amide bonds.